The minimum absolute atomic E-state index is 0. The van der Waals surface area contributed by atoms with Gasteiger partial charge < -0.3 is 10.2 Å². The van der Waals surface area contributed by atoms with Gasteiger partial charge in [-0.25, -0.2) is 0 Å². The highest BCUT2D eigenvalue weighted by Crippen LogP contribution is 2.29. The average Bonchev–Trinajstić information content (AvgIpc) is 2.55. The van der Waals surface area contributed by atoms with Gasteiger partial charge in [0.05, 0.1) is 6.04 Å². The molecule has 23 heavy (non-hydrogen) atoms. The molecule has 0 saturated carbocycles. The molecule has 122 valence electrons. The third kappa shape index (κ3) is 3.86. The lowest BCUT2D eigenvalue weighted by atomic mass is 10.0. The molecule has 0 radical (unpaired) electrons. The van der Waals surface area contributed by atoms with Crippen LogP contribution in [0.3, 0.4) is 0 Å². The topological polar surface area (TPSA) is 32.3 Å². The van der Waals surface area contributed by atoms with Crippen LogP contribution in [0, 0.1) is 6.92 Å². The van der Waals surface area contributed by atoms with Crippen molar-refractivity contribution < 1.29 is 4.79 Å². The first-order valence-electron chi connectivity index (χ1n) is 7.49. The smallest absolute Gasteiger partial charge is 0.254 e. The van der Waals surface area contributed by atoms with E-state index in [0.29, 0.717) is 11.6 Å². The number of benzene rings is 2. The lowest BCUT2D eigenvalue weighted by Gasteiger charge is -2.37. The molecule has 1 unspecified atom stereocenters. The van der Waals surface area contributed by atoms with Gasteiger partial charge in [-0.1, -0.05) is 47.5 Å². The number of hydrogen-bond acceptors (Lipinski definition) is 2. The molecule has 1 heterocycles. The van der Waals surface area contributed by atoms with Crippen molar-refractivity contribution in [2.24, 2.45) is 0 Å². The Morgan fingerprint density at radius 1 is 1.17 bits per heavy atom. The Balaban J connectivity index is 0.00000192. The molecule has 1 fully saturated rings. The zero-order valence-corrected chi connectivity index (χ0v) is 14.5. The molecule has 0 aromatic heterocycles. The second-order valence-electron chi connectivity index (χ2n) is 5.61. The number of nitrogens with zero attached hydrogens (tertiary/aromatic N) is 1. The molecule has 0 spiro atoms. The second kappa shape index (κ2) is 7.82. The summed E-state index contributed by atoms with van der Waals surface area (Å²) in [6.45, 7) is 4.23. The van der Waals surface area contributed by atoms with E-state index in [9.17, 15) is 4.79 Å². The van der Waals surface area contributed by atoms with Crippen molar-refractivity contribution in [1.29, 1.82) is 0 Å². The molecule has 1 N–H and O–H groups in total. The highest BCUT2D eigenvalue weighted by atomic mass is 35.5. The number of hydrogen-bond donors (Lipinski definition) is 1. The summed E-state index contributed by atoms with van der Waals surface area (Å²) in [7, 11) is 0. The van der Waals surface area contributed by atoms with Crippen LogP contribution in [0.25, 0.3) is 0 Å². The molecule has 1 amide bonds. The standard InChI is InChI=1S/C18H19ClN2O.ClH/c1-13-6-8-14(9-7-13)18(22)21-11-10-20-12-17(21)15-4-2-3-5-16(15)19;/h2-9,17,20H,10-12H2,1H3;1H. The van der Waals surface area contributed by atoms with E-state index >= 15 is 0 Å². The van der Waals surface area contributed by atoms with E-state index in [1.165, 1.54) is 0 Å². The van der Waals surface area contributed by atoms with Gasteiger partial charge in [-0.15, -0.1) is 12.4 Å². The van der Waals surface area contributed by atoms with E-state index in [-0.39, 0.29) is 24.4 Å². The summed E-state index contributed by atoms with van der Waals surface area (Å²) in [5.41, 5.74) is 2.88. The molecule has 1 aliphatic heterocycles. The maximum absolute atomic E-state index is 12.9. The van der Waals surface area contributed by atoms with Crippen molar-refractivity contribution >= 4 is 29.9 Å². The van der Waals surface area contributed by atoms with Crippen LogP contribution in [-0.2, 0) is 0 Å². The van der Waals surface area contributed by atoms with Crippen LogP contribution >= 0.6 is 24.0 Å². The average molecular weight is 351 g/mol. The molecule has 1 atom stereocenters. The Morgan fingerprint density at radius 3 is 2.57 bits per heavy atom. The molecule has 2 aromatic carbocycles. The Bertz CT molecular complexity index is 673. The number of aryl methyl sites for hydroxylation is 1. The van der Waals surface area contributed by atoms with E-state index in [0.717, 1.165) is 29.8 Å². The number of amides is 1. The van der Waals surface area contributed by atoms with Crippen molar-refractivity contribution in [1.82, 2.24) is 10.2 Å². The molecule has 1 aliphatic rings. The zero-order chi connectivity index (χ0) is 15.5. The van der Waals surface area contributed by atoms with Gasteiger partial charge in [-0.2, -0.15) is 0 Å². The van der Waals surface area contributed by atoms with E-state index in [4.69, 9.17) is 11.6 Å². The van der Waals surface area contributed by atoms with E-state index in [2.05, 4.69) is 5.32 Å². The summed E-state index contributed by atoms with van der Waals surface area (Å²) in [6, 6.07) is 15.4. The summed E-state index contributed by atoms with van der Waals surface area (Å²) >= 11 is 6.33. The van der Waals surface area contributed by atoms with E-state index in [1.807, 2.05) is 60.4 Å². The Labute approximate surface area is 148 Å². The number of piperazine rings is 1. The number of rotatable bonds is 2. The van der Waals surface area contributed by atoms with Crippen molar-refractivity contribution in [2.75, 3.05) is 19.6 Å². The third-order valence-corrected chi connectivity index (χ3v) is 4.41. The highest BCUT2D eigenvalue weighted by Gasteiger charge is 2.29. The number of carbonyl (C=O) groups excluding carboxylic acids is 1. The fraction of sp³-hybridized carbons (Fsp3) is 0.278. The minimum Gasteiger partial charge on any atom is -0.329 e. The normalized spacial score (nSPS) is 17.5. The third-order valence-electron chi connectivity index (χ3n) is 4.07. The van der Waals surface area contributed by atoms with Crippen LogP contribution < -0.4 is 5.32 Å². The van der Waals surface area contributed by atoms with Crippen LogP contribution in [0.4, 0.5) is 0 Å². The predicted octanol–water partition coefficient (Wildman–Crippen LogP) is 3.86. The molecular formula is C18H20Cl2N2O. The SMILES string of the molecule is Cc1ccc(C(=O)N2CCNCC2c2ccccc2Cl)cc1.Cl. The van der Waals surface area contributed by atoms with E-state index < -0.39 is 0 Å². The molecule has 1 saturated heterocycles. The summed E-state index contributed by atoms with van der Waals surface area (Å²) in [6.07, 6.45) is 0. The molecule has 3 rings (SSSR count). The first-order valence-corrected chi connectivity index (χ1v) is 7.87. The zero-order valence-electron chi connectivity index (χ0n) is 13.0. The van der Waals surface area contributed by atoms with Crippen LogP contribution in [0.15, 0.2) is 48.5 Å². The quantitative estimate of drug-likeness (QED) is 0.891. The fourth-order valence-electron chi connectivity index (χ4n) is 2.83. The molecule has 0 bridgehead atoms. The molecular weight excluding hydrogens is 331 g/mol. The minimum atomic E-state index is -0.0312. The van der Waals surface area contributed by atoms with Crippen molar-refractivity contribution in [3.05, 3.63) is 70.2 Å². The van der Waals surface area contributed by atoms with Gasteiger partial charge in [-0.05, 0) is 30.7 Å². The van der Waals surface area contributed by atoms with Gasteiger partial charge >= 0.3 is 0 Å². The van der Waals surface area contributed by atoms with Crippen LogP contribution in [0.2, 0.25) is 5.02 Å². The monoisotopic (exact) mass is 350 g/mol. The number of carbonyl (C=O) groups is 1. The van der Waals surface area contributed by atoms with Crippen LogP contribution in [0.5, 0.6) is 0 Å². The molecule has 2 aromatic rings. The van der Waals surface area contributed by atoms with Gasteiger partial charge in [0.25, 0.3) is 5.91 Å². The van der Waals surface area contributed by atoms with Gasteiger partial charge in [-0.3, -0.25) is 4.79 Å². The van der Waals surface area contributed by atoms with Crippen molar-refractivity contribution in [2.45, 2.75) is 13.0 Å². The summed E-state index contributed by atoms with van der Waals surface area (Å²) in [5, 5.41) is 4.06. The Kier molecular flexibility index (Phi) is 6.05. The van der Waals surface area contributed by atoms with Gasteiger partial charge in [0.2, 0.25) is 0 Å². The Hall–Kier alpha value is -1.55. The number of nitrogens with one attached hydrogen (secondary N) is 1. The lowest BCUT2D eigenvalue weighted by molar-refractivity contribution is 0.0634. The summed E-state index contributed by atoms with van der Waals surface area (Å²) in [5.74, 6) is 0.0615. The largest absolute Gasteiger partial charge is 0.329 e. The maximum atomic E-state index is 12.9. The van der Waals surface area contributed by atoms with E-state index in [1.54, 1.807) is 0 Å². The molecule has 3 nitrogen and oxygen atoms in total. The summed E-state index contributed by atoms with van der Waals surface area (Å²) in [4.78, 5) is 14.8. The molecule has 5 heteroatoms. The Morgan fingerprint density at radius 2 is 1.87 bits per heavy atom. The first kappa shape index (κ1) is 17.8. The van der Waals surface area contributed by atoms with Gasteiger partial charge in [0.15, 0.2) is 0 Å². The second-order valence-corrected chi connectivity index (χ2v) is 6.01. The number of halogens is 2. The first-order chi connectivity index (χ1) is 10.7. The van der Waals surface area contributed by atoms with Gasteiger partial charge in [0, 0.05) is 30.2 Å². The van der Waals surface area contributed by atoms with Crippen LogP contribution in [0.1, 0.15) is 27.5 Å². The van der Waals surface area contributed by atoms with Crippen molar-refractivity contribution in [3.63, 3.8) is 0 Å². The predicted molar refractivity (Wildman–Crippen MR) is 96.5 cm³/mol. The maximum Gasteiger partial charge on any atom is 0.254 e. The highest BCUT2D eigenvalue weighted by molar-refractivity contribution is 6.31. The van der Waals surface area contributed by atoms with Crippen molar-refractivity contribution in [3.8, 4) is 0 Å². The van der Waals surface area contributed by atoms with Crippen LogP contribution in [-0.4, -0.2) is 30.4 Å². The summed E-state index contributed by atoms with van der Waals surface area (Å²) < 4.78 is 0. The van der Waals surface area contributed by atoms with Gasteiger partial charge in [0.1, 0.15) is 0 Å². The fourth-order valence-corrected chi connectivity index (χ4v) is 3.09. The lowest BCUT2D eigenvalue weighted by Crippen LogP contribution is -2.48. The molecule has 0 aliphatic carbocycles.